The number of aromatic nitrogens is 5. The topological polar surface area (TPSA) is 88.8 Å². The zero-order chi connectivity index (χ0) is 16.5. The monoisotopic (exact) mass is 344 g/mol. The van der Waals surface area contributed by atoms with Crippen molar-refractivity contribution in [1.82, 2.24) is 25.0 Å². The highest BCUT2D eigenvalue weighted by atomic mass is 35.5. The Bertz CT molecular complexity index is 859. The Morgan fingerprint density at radius 2 is 1.96 bits per heavy atom. The van der Waals surface area contributed by atoms with Crippen molar-refractivity contribution < 1.29 is 5.11 Å². The number of aliphatic hydroxyl groups excluding tert-OH is 1. The summed E-state index contributed by atoms with van der Waals surface area (Å²) in [6.45, 7) is 0. The highest BCUT2D eigenvalue weighted by Crippen LogP contribution is 2.24. The van der Waals surface area contributed by atoms with Crippen molar-refractivity contribution in [2.75, 3.05) is 5.32 Å². The number of para-hydroxylation sites is 1. The van der Waals surface area contributed by atoms with Crippen molar-refractivity contribution >= 4 is 28.7 Å². The lowest BCUT2D eigenvalue weighted by Gasteiger charge is -2.26. The van der Waals surface area contributed by atoms with Gasteiger partial charge in [-0.1, -0.05) is 28.9 Å². The molecule has 0 amide bonds. The maximum absolute atomic E-state index is 9.60. The summed E-state index contributed by atoms with van der Waals surface area (Å²) in [4.78, 5) is 8.88. The molecule has 2 aromatic heterocycles. The zero-order valence-corrected chi connectivity index (χ0v) is 13.7. The van der Waals surface area contributed by atoms with Crippen molar-refractivity contribution in [3.05, 3.63) is 35.5 Å². The average molecular weight is 345 g/mol. The van der Waals surface area contributed by atoms with E-state index in [-0.39, 0.29) is 12.1 Å². The highest BCUT2D eigenvalue weighted by molar-refractivity contribution is 6.32. The van der Waals surface area contributed by atoms with Crippen LogP contribution < -0.4 is 5.32 Å². The van der Waals surface area contributed by atoms with Crippen molar-refractivity contribution in [3.63, 3.8) is 0 Å². The van der Waals surface area contributed by atoms with Gasteiger partial charge in [0.25, 0.3) is 0 Å². The van der Waals surface area contributed by atoms with Gasteiger partial charge in [-0.3, -0.25) is 0 Å². The number of rotatable bonds is 3. The number of anilines is 1. The number of nitrogens with one attached hydrogen (secondary N) is 1. The summed E-state index contributed by atoms with van der Waals surface area (Å²) in [6, 6.07) is 7.70. The normalized spacial score (nSPS) is 21.1. The molecule has 4 rings (SSSR count). The second-order valence-corrected chi connectivity index (χ2v) is 6.41. The van der Waals surface area contributed by atoms with Crippen LogP contribution in [0.25, 0.3) is 16.9 Å². The minimum Gasteiger partial charge on any atom is -0.393 e. The van der Waals surface area contributed by atoms with Gasteiger partial charge in [0.05, 0.1) is 23.0 Å². The second-order valence-electron chi connectivity index (χ2n) is 6.00. The third-order valence-corrected chi connectivity index (χ3v) is 4.62. The van der Waals surface area contributed by atoms with Crippen LogP contribution in [0.1, 0.15) is 25.7 Å². The fourth-order valence-corrected chi connectivity index (χ4v) is 3.20. The van der Waals surface area contributed by atoms with E-state index in [0.29, 0.717) is 22.1 Å². The molecule has 0 saturated heterocycles. The van der Waals surface area contributed by atoms with Crippen molar-refractivity contribution in [1.29, 1.82) is 0 Å². The minimum absolute atomic E-state index is 0.183. The molecule has 8 heteroatoms. The first-order chi connectivity index (χ1) is 11.7. The molecule has 0 radical (unpaired) electrons. The van der Waals surface area contributed by atoms with Gasteiger partial charge in [0, 0.05) is 6.04 Å². The SMILES string of the molecule is OC1CCC(Nc2ncc3nnn(-c4ccccc4Cl)c3n2)CC1. The summed E-state index contributed by atoms with van der Waals surface area (Å²) in [5, 5.41) is 21.8. The van der Waals surface area contributed by atoms with Gasteiger partial charge in [0.15, 0.2) is 11.2 Å². The Morgan fingerprint density at radius 1 is 1.17 bits per heavy atom. The largest absolute Gasteiger partial charge is 0.393 e. The summed E-state index contributed by atoms with van der Waals surface area (Å²) >= 11 is 6.25. The van der Waals surface area contributed by atoms with Crippen LogP contribution in [0.3, 0.4) is 0 Å². The van der Waals surface area contributed by atoms with Crippen LogP contribution >= 0.6 is 11.6 Å². The lowest BCUT2D eigenvalue weighted by molar-refractivity contribution is 0.126. The van der Waals surface area contributed by atoms with Crippen LogP contribution in [0.2, 0.25) is 5.02 Å². The summed E-state index contributed by atoms with van der Waals surface area (Å²) in [5.74, 6) is 0.541. The molecular weight excluding hydrogens is 328 g/mol. The molecule has 2 heterocycles. The number of nitrogens with zero attached hydrogens (tertiary/aromatic N) is 5. The Balaban J connectivity index is 1.65. The Morgan fingerprint density at radius 3 is 2.75 bits per heavy atom. The molecule has 124 valence electrons. The van der Waals surface area contributed by atoms with E-state index in [1.54, 1.807) is 16.9 Å². The van der Waals surface area contributed by atoms with Crippen molar-refractivity contribution in [2.45, 2.75) is 37.8 Å². The fraction of sp³-hybridized carbons (Fsp3) is 0.375. The summed E-state index contributed by atoms with van der Waals surface area (Å²) < 4.78 is 1.62. The first-order valence-electron chi connectivity index (χ1n) is 7.98. The molecule has 7 nitrogen and oxygen atoms in total. The van der Waals surface area contributed by atoms with E-state index in [1.807, 2.05) is 18.2 Å². The molecule has 0 aliphatic heterocycles. The standard InChI is InChI=1S/C16H17ClN6O/c17-12-3-1-2-4-14(12)23-15-13(21-22-23)9-18-16(20-15)19-10-5-7-11(24)8-6-10/h1-4,9-11,24H,5-8H2,(H,18,19,20). The quantitative estimate of drug-likeness (QED) is 0.759. The molecule has 0 unspecified atom stereocenters. The molecular formula is C16H17ClN6O. The lowest BCUT2D eigenvalue weighted by atomic mass is 9.93. The summed E-state index contributed by atoms with van der Waals surface area (Å²) in [6.07, 6.45) is 4.90. The van der Waals surface area contributed by atoms with Crippen molar-refractivity contribution in [2.24, 2.45) is 0 Å². The Labute approximate surface area is 143 Å². The van der Waals surface area contributed by atoms with E-state index in [0.717, 1.165) is 31.4 Å². The van der Waals surface area contributed by atoms with E-state index in [2.05, 4.69) is 25.6 Å². The van der Waals surface area contributed by atoms with Gasteiger partial charge in [-0.25, -0.2) is 4.98 Å². The third-order valence-electron chi connectivity index (χ3n) is 4.30. The number of aliphatic hydroxyl groups is 1. The van der Waals surface area contributed by atoms with Crippen molar-refractivity contribution in [3.8, 4) is 5.69 Å². The molecule has 1 fully saturated rings. The van der Waals surface area contributed by atoms with Crippen LogP contribution in [0.5, 0.6) is 0 Å². The predicted octanol–water partition coefficient (Wildman–Crippen LogP) is 2.58. The van der Waals surface area contributed by atoms with Crippen LogP contribution in [0.15, 0.2) is 30.5 Å². The van der Waals surface area contributed by atoms with Crippen LogP contribution in [-0.4, -0.2) is 42.2 Å². The first-order valence-corrected chi connectivity index (χ1v) is 8.36. The van der Waals surface area contributed by atoms with Gasteiger partial charge in [-0.15, -0.1) is 5.10 Å². The van der Waals surface area contributed by atoms with E-state index >= 15 is 0 Å². The molecule has 0 bridgehead atoms. The van der Waals surface area contributed by atoms with Gasteiger partial charge in [-0.05, 0) is 37.8 Å². The van der Waals surface area contributed by atoms with E-state index < -0.39 is 0 Å². The number of hydrogen-bond donors (Lipinski definition) is 2. The summed E-state index contributed by atoms with van der Waals surface area (Å²) in [5.41, 5.74) is 1.95. The van der Waals surface area contributed by atoms with Crippen LogP contribution in [-0.2, 0) is 0 Å². The number of benzene rings is 1. The van der Waals surface area contributed by atoms with Crippen LogP contribution in [0.4, 0.5) is 5.95 Å². The fourth-order valence-electron chi connectivity index (χ4n) is 2.99. The molecule has 3 aromatic rings. The highest BCUT2D eigenvalue weighted by Gasteiger charge is 2.20. The lowest BCUT2D eigenvalue weighted by Crippen LogP contribution is -2.28. The predicted molar refractivity (Wildman–Crippen MR) is 91.4 cm³/mol. The molecule has 2 N–H and O–H groups in total. The van der Waals surface area contributed by atoms with E-state index in [1.165, 1.54) is 0 Å². The van der Waals surface area contributed by atoms with E-state index in [4.69, 9.17) is 11.6 Å². The molecule has 1 aliphatic carbocycles. The smallest absolute Gasteiger partial charge is 0.225 e. The Kier molecular flexibility index (Phi) is 4.03. The molecule has 0 atom stereocenters. The second kappa shape index (κ2) is 6.33. The molecule has 1 saturated carbocycles. The number of fused-ring (bicyclic) bond motifs is 1. The minimum atomic E-state index is -0.183. The third kappa shape index (κ3) is 2.92. The summed E-state index contributed by atoms with van der Waals surface area (Å²) in [7, 11) is 0. The Hall–Kier alpha value is -2.25. The maximum atomic E-state index is 9.60. The van der Waals surface area contributed by atoms with Gasteiger partial charge in [0.1, 0.15) is 0 Å². The molecule has 0 spiro atoms. The van der Waals surface area contributed by atoms with Gasteiger partial charge >= 0.3 is 0 Å². The van der Waals surface area contributed by atoms with Crippen LogP contribution in [0, 0.1) is 0 Å². The van der Waals surface area contributed by atoms with Gasteiger partial charge < -0.3 is 10.4 Å². The maximum Gasteiger partial charge on any atom is 0.225 e. The number of halogens is 1. The average Bonchev–Trinajstić information content (AvgIpc) is 3.00. The first kappa shape index (κ1) is 15.3. The molecule has 1 aliphatic rings. The molecule has 1 aromatic carbocycles. The number of hydrogen-bond acceptors (Lipinski definition) is 6. The van der Waals surface area contributed by atoms with Gasteiger partial charge in [0.2, 0.25) is 5.95 Å². The van der Waals surface area contributed by atoms with E-state index in [9.17, 15) is 5.11 Å². The molecule has 24 heavy (non-hydrogen) atoms. The zero-order valence-electron chi connectivity index (χ0n) is 12.9. The van der Waals surface area contributed by atoms with Gasteiger partial charge in [-0.2, -0.15) is 9.67 Å².